The van der Waals surface area contributed by atoms with Crippen molar-refractivity contribution in [2.45, 2.75) is 0 Å². The highest BCUT2D eigenvalue weighted by Crippen LogP contribution is 2.44. The van der Waals surface area contributed by atoms with Gasteiger partial charge in [0.1, 0.15) is 0 Å². The van der Waals surface area contributed by atoms with Gasteiger partial charge in [-0.25, -0.2) is 9.97 Å². The summed E-state index contributed by atoms with van der Waals surface area (Å²) in [6, 6.07) is 63.7. The molecule has 10 aromatic rings. The fraction of sp³-hybridized carbons (Fsp3) is 0. The molecule has 7 aromatic carbocycles. The maximum absolute atomic E-state index is 5.26. The van der Waals surface area contributed by atoms with Crippen LogP contribution in [-0.4, -0.2) is 19.9 Å². The lowest BCUT2D eigenvalue weighted by molar-refractivity contribution is 1.18. The Kier molecular flexibility index (Phi) is 7.77. The SMILES string of the molecule is c1ccc(-c2c3ccccc3c(-c3cccc(-c4cc(-c5ccccc5-c5ccccn5)nc(-c5cnc6ccccc6c5)n4)c3)c3ccccc23)cc1. The number of benzene rings is 7. The van der Waals surface area contributed by atoms with Crippen LogP contribution in [0.2, 0.25) is 0 Å². The van der Waals surface area contributed by atoms with Crippen molar-refractivity contribution in [3.05, 3.63) is 194 Å². The zero-order valence-corrected chi connectivity index (χ0v) is 29.3. The molecule has 0 amide bonds. The molecule has 0 N–H and O–H groups in total. The second-order valence-electron chi connectivity index (χ2n) is 13.4. The Balaban J connectivity index is 1.20. The van der Waals surface area contributed by atoms with Gasteiger partial charge in [0.25, 0.3) is 0 Å². The molecule has 0 fully saturated rings. The van der Waals surface area contributed by atoms with Crippen LogP contribution in [0.4, 0.5) is 0 Å². The largest absolute Gasteiger partial charge is 0.256 e. The predicted molar refractivity (Wildman–Crippen MR) is 223 cm³/mol. The van der Waals surface area contributed by atoms with Crippen molar-refractivity contribution in [2.75, 3.05) is 0 Å². The summed E-state index contributed by atoms with van der Waals surface area (Å²) in [5, 5.41) is 5.92. The van der Waals surface area contributed by atoms with Gasteiger partial charge in [-0.1, -0.05) is 146 Å². The third-order valence-electron chi connectivity index (χ3n) is 10.2. The molecule has 0 bridgehead atoms. The van der Waals surface area contributed by atoms with Gasteiger partial charge >= 0.3 is 0 Å². The Morgan fingerprint density at radius 1 is 0.333 bits per heavy atom. The number of rotatable bonds is 6. The lowest BCUT2D eigenvalue weighted by Gasteiger charge is -2.18. The van der Waals surface area contributed by atoms with E-state index >= 15 is 0 Å². The molecule has 54 heavy (non-hydrogen) atoms. The first-order valence-corrected chi connectivity index (χ1v) is 18.1. The van der Waals surface area contributed by atoms with Crippen molar-refractivity contribution in [2.24, 2.45) is 0 Å². The Hall–Kier alpha value is -7.30. The minimum absolute atomic E-state index is 0.616. The minimum Gasteiger partial charge on any atom is -0.256 e. The molecule has 0 aliphatic carbocycles. The highest BCUT2D eigenvalue weighted by atomic mass is 14.9. The third-order valence-corrected chi connectivity index (χ3v) is 10.2. The first-order chi connectivity index (χ1) is 26.8. The van der Waals surface area contributed by atoms with Crippen LogP contribution in [0.25, 0.3) is 99.9 Å². The first-order valence-electron chi connectivity index (χ1n) is 18.1. The lowest BCUT2D eigenvalue weighted by atomic mass is 9.85. The van der Waals surface area contributed by atoms with Crippen LogP contribution in [0.1, 0.15) is 0 Å². The zero-order chi connectivity index (χ0) is 35.8. The van der Waals surface area contributed by atoms with Crippen LogP contribution in [0.15, 0.2) is 194 Å². The van der Waals surface area contributed by atoms with Crippen molar-refractivity contribution < 1.29 is 0 Å². The Bertz CT molecular complexity index is 2940. The molecule has 10 rings (SSSR count). The standard InChI is InChI=1S/C50H32N4/c1-2-15-33(16-3-1)48-40-22-7-9-24-42(40)49(43-25-10-8-23-41(43)48)36-19-14-18-35(29-36)46-31-47(39-21-6-5-20-38(39)45-27-12-13-28-51-45)54-50(53-46)37-30-34-17-4-11-26-44(34)52-32-37/h1-32H. The summed E-state index contributed by atoms with van der Waals surface area (Å²) in [4.78, 5) is 19.9. The summed E-state index contributed by atoms with van der Waals surface area (Å²) in [5.41, 5.74) is 12.1. The lowest BCUT2D eigenvalue weighted by Crippen LogP contribution is -1.98. The van der Waals surface area contributed by atoms with Crippen LogP contribution in [0, 0.1) is 0 Å². The Morgan fingerprint density at radius 3 is 1.63 bits per heavy atom. The van der Waals surface area contributed by atoms with Crippen molar-refractivity contribution >= 4 is 32.4 Å². The van der Waals surface area contributed by atoms with Crippen molar-refractivity contribution in [3.63, 3.8) is 0 Å². The van der Waals surface area contributed by atoms with E-state index in [1.165, 1.54) is 38.2 Å². The molecule has 252 valence electrons. The van der Waals surface area contributed by atoms with Crippen molar-refractivity contribution in [3.8, 4) is 67.4 Å². The Labute approximate surface area is 313 Å². The average molecular weight is 689 g/mol. The van der Waals surface area contributed by atoms with Crippen LogP contribution in [-0.2, 0) is 0 Å². The normalized spacial score (nSPS) is 11.3. The monoisotopic (exact) mass is 688 g/mol. The first kappa shape index (κ1) is 31.4. The number of para-hydroxylation sites is 1. The molecule has 4 heteroatoms. The van der Waals surface area contributed by atoms with E-state index in [0.717, 1.165) is 55.8 Å². The molecular formula is C50H32N4. The smallest absolute Gasteiger partial charge is 0.161 e. The van der Waals surface area contributed by atoms with Gasteiger partial charge in [-0.2, -0.15) is 0 Å². The summed E-state index contributed by atoms with van der Waals surface area (Å²) >= 11 is 0. The molecule has 0 aliphatic rings. The van der Waals surface area contributed by atoms with Crippen LogP contribution < -0.4 is 0 Å². The molecule has 0 saturated heterocycles. The summed E-state index contributed by atoms with van der Waals surface area (Å²) in [7, 11) is 0. The van der Waals surface area contributed by atoms with E-state index in [2.05, 4.69) is 140 Å². The highest BCUT2D eigenvalue weighted by Gasteiger charge is 2.19. The molecule has 3 aromatic heterocycles. The summed E-state index contributed by atoms with van der Waals surface area (Å²) in [6.45, 7) is 0. The van der Waals surface area contributed by atoms with Gasteiger partial charge in [0.15, 0.2) is 5.82 Å². The van der Waals surface area contributed by atoms with E-state index < -0.39 is 0 Å². The highest BCUT2D eigenvalue weighted by molar-refractivity contribution is 6.21. The van der Waals surface area contributed by atoms with E-state index in [9.17, 15) is 0 Å². The number of nitrogens with zero attached hydrogens (tertiary/aromatic N) is 4. The third kappa shape index (κ3) is 5.58. The van der Waals surface area contributed by atoms with Gasteiger partial charge < -0.3 is 0 Å². The van der Waals surface area contributed by atoms with Crippen LogP contribution in [0.5, 0.6) is 0 Å². The van der Waals surface area contributed by atoms with Gasteiger partial charge in [0.05, 0.1) is 22.6 Å². The van der Waals surface area contributed by atoms with Gasteiger partial charge in [-0.3, -0.25) is 9.97 Å². The van der Waals surface area contributed by atoms with E-state index in [-0.39, 0.29) is 0 Å². The second-order valence-corrected chi connectivity index (χ2v) is 13.4. The van der Waals surface area contributed by atoms with Crippen molar-refractivity contribution in [1.29, 1.82) is 0 Å². The molecule has 0 unspecified atom stereocenters. The number of aromatic nitrogens is 4. The summed E-state index contributed by atoms with van der Waals surface area (Å²) < 4.78 is 0. The van der Waals surface area contributed by atoms with Crippen LogP contribution in [0.3, 0.4) is 0 Å². The Morgan fingerprint density at radius 2 is 0.907 bits per heavy atom. The number of hydrogen-bond acceptors (Lipinski definition) is 4. The van der Waals surface area contributed by atoms with Gasteiger partial charge in [0.2, 0.25) is 0 Å². The quantitative estimate of drug-likeness (QED) is 0.163. The van der Waals surface area contributed by atoms with E-state index in [4.69, 9.17) is 19.9 Å². The maximum Gasteiger partial charge on any atom is 0.161 e. The average Bonchev–Trinajstić information content (AvgIpc) is 3.26. The van der Waals surface area contributed by atoms with Gasteiger partial charge in [0, 0.05) is 40.0 Å². The molecule has 4 nitrogen and oxygen atoms in total. The molecular weight excluding hydrogens is 657 g/mol. The van der Waals surface area contributed by atoms with Gasteiger partial charge in [-0.15, -0.1) is 0 Å². The number of pyridine rings is 2. The molecule has 0 radical (unpaired) electrons. The second kappa shape index (κ2) is 13.4. The fourth-order valence-electron chi connectivity index (χ4n) is 7.70. The van der Waals surface area contributed by atoms with Crippen molar-refractivity contribution in [1.82, 2.24) is 19.9 Å². The van der Waals surface area contributed by atoms with Gasteiger partial charge in [-0.05, 0) is 80.2 Å². The van der Waals surface area contributed by atoms with E-state index in [0.29, 0.717) is 5.82 Å². The summed E-state index contributed by atoms with van der Waals surface area (Å²) in [5.74, 6) is 0.616. The molecule has 0 saturated carbocycles. The number of hydrogen-bond donors (Lipinski definition) is 0. The predicted octanol–water partition coefficient (Wildman–Crippen LogP) is 12.7. The minimum atomic E-state index is 0.616. The molecule has 3 heterocycles. The topological polar surface area (TPSA) is 51.6 Å². The maximum atomic E-state index is 5.26. The number of fused-ring (bicyclic) bond motifs is 3. The zero-order valence-electron chi connectivity index (χ0n) is 29.3. The van der Waals surface area contributed by atoms with Crippen LogP contribution >= 0.6 is 0 Å². The molecule has 0 atom stereocenters. The molecule has 0 aliphatic heterocycles. The fourth-order valence-corrected chi connectivity index (χ4v) is 7.70. The van der Waals surface area contributed by atoms with E-state index in [1.54, 1.807) is 0 Å². The molecule has 0 spiro atoms. The summed E-state index contributed by atoms with van der Waals surface area (Å²) in [6.07, 6.45) is 3.70. The van der Waals surface area contributed by atoms with E-state index in [1.807, 2.05) is 54.9 Å².